The van der Waals surface area contributed by atoms with E-state index in [9.17, 15) is 9.90 Å². The number of aromatic nitrogens is 1. The first-order valence-electron chi connectivity index (χ1n) is 9.25. The zero-order valence-electron chi connectivity index (χ0n) is 15.5. The summed E-state index contributed by atoms with van der Waals surface area (Å²) < 4.78 is 16.3. The summed E-state index contributed by atoms with van der Waals surface area (Å²) in [7, 11) is 0. The summed E-state index contributed by atoms with van der Waals surface area (Å²) in [6, 6.07) is 3.78. The predicted molar refractivity (Wildman–Crippen MR) is 104 cm³/mol. The Morgan fingerprint density at radius 3 is 3.04 bits per heavy atom. The maximum absolute atomic E-state index is 12.4. The molecule has 8 heteroatoms. The molecule has 2 aliphatic rings. The fourth-order valence-electron chi connectivity index (χ4n) is 3.24. The molecule has 0 atom stereocenters. The van der Waals surface area contributed by atoms with E-state index in [2.05, 4.69) is 15.3 Å². The number of nitrogens with one attached hydrogen (secondary N) is 1. The molecule has 0 aliphatic carbocycles. The number of carbonyl (C=O) groups excluding carboxylic acids is 1. The Bertz CT molecular complexity index is 941. The molecule has 1 saturated heterocycles. The van der Waals surface area contributed by atoms with Crippen molar-refractivity contribution in [2.75, 3.05) is 25.1 Å². The molecule has 0 amide bonds. The number of allylic oxidation sites excluding steroid dienone is 1. The highest BCUT2D eigenvalue weighted by atomic mass is 16.5. The summed E-state index contributed by atoms with van der Waals surface area (Å²) in [6.45, 7) is 3.18. The van der Waals surface area contributed by atoms with Crippen LogP contribution in [0.5, 0.6) is 5.75 Å². The minimum Gasteiger partial charge on any atom is -0.504 e. The Hall–Kier alpha value is -3.13. The quantitative estimate of drug-likeness (QED) is 0.762. The van der Waals surface area contributed by atoms with Crippen LogP contribution in [0.25, 0.3) is 11.6 Å². The minimum atomic E-state index is -0.634. The molecule has 2 aromatic heterocycles. The van der Waals surface area contributed by atoms with Crippen LogP contribution in [-0.4, -0.2) is 48.1 Å². The van der Waals surface area contributed by atoms with Crippen molar-refractivity contribution in [1.82, 2.24) is 4.98 Å². The molecule has 0 saturated carbocycles. The molecule has 146 valence electrons. The first-order valence-corrected chi connectivity index (χ1v) is 9.25. The van der Waals surface area contributed by atoms with Crippen LogP contribution >= 0.6 is 0 Å². The van der Waals surface area contributed by atoms with E-state index in [1.54, 1.807) is 25.4 Å². The number of ether oxygens (including phenoxy) is 2. The SMILES string of the molecule is CCOC(=O)c1c(NC2CCOCC2)oc(C=C2C=Nc3ncccc32)c1O. The highest BCUT2D eigenvalue weighted by Gasteiger charge is 2.29. The third-order valence-corrected chi connectivity index (χ3v) is 4.66. The molecule has 0 unspecified atom stereocenters. The summed E-state index contributed by atoms with van der Waals surface area (Å²) in [6.07, 6.45) is 6.52. The molecule has 4 heterocycles. The van der Waals surface area contributed by atoms with Crippen molar-refractivity contribution >= 4 is 35.5 Å². The number of pyridine rings is 1. The number of fused-ring (bicyclic) bond motifs is 1. The van der Waals surface area contributed by atoms with Gasteiger partial charge in [-0.25, -0.2) is 14.8 Å². The zero-order chi connectivity index (χ0) is 19.5. The van der Waals surface area contributed by atoms with Crippen molar-refractivity contribution in [1.29, 1.82) is 0 Å². The molecule has 0 radical (unpaired) electrons. The van der Waals surface area contributed by atoms with Gasteiger partial charge < -0.3 is 24.3 Å². The largest absolute Gasteiger partial charge is 0.504 e. The Kier molecular flexibility index (Phi) is 5.12. The van der Waals surface area contributed by atoms with E-state index in [0.717, 1.165) is 24.0 Å². The fraction of sp³-hybridized carbons (Fsp3) is 0.350. The molecular formula is C20H21N3O5. The topological polar surface area (TPSA) is 106 Å². The number of aromatic hydroxyl groups is 1. The second-order valence-corrected chi connectivity index (χ2v) is 6.50. The normalized spacial score (nSPS) is 17.7. The van der Waals surface area contributed by atoms with Gasteiger partial charge in [0.2, 0.25) is 5.88 Å². The number of aliphatic imine (C=N–C) groups is 1. The van der Waals surface area contributed by atoms with Gasteiger partial charge in [0.15, 0.2) is 22.9 Å². The van der Waals surface area contributed by atoms with Gasteiger partial charge >= 0.3 is 5.97 Å². The molecule has 0 aromatic carbocycles. The van der Waals surface area contributed by atoms with Crippen LogP contribution in [0, 0.1) is 0 Å². The molecule has 2 aromatic rings. The predicted octanol–water partition coefficient (Wildman–Crippen LogP) is 3.40. The summed E-state index contributed by atoms with van der Waals surface area (Å²) >= 11 is 0. The molecule has 8 nitrogen and oxygen atoms in total. The Balaban J connectivity index is 1.70. The average molecular weight is 383 g/mol. The van der Waals surface area contributed by atoms with Crippen molar-refractivity contribution in [2.45, 2.75) is 25.8 Å². The van der Waals surface area contributed by atoms with E-state index >= 15 is 0 Å². The molecule has 2 N–H and O–H groups in total. The van der Waals surface area contributed by atoms with E-state index in [-0.39, 0.29) is 35.6 Å². The van der Waals surface area contributed by atoms with Crippen LogP contribution in [0.1, 0.15) is 41.4 Å². The molecule has 2 aliphatic heterocycles. The van der Waals surface area contributed by atoms with Crippen molar-refractivity contribution in [3.63, 3.8) is 0 Å². The lowest BCUT2D eigenvalue weighted by atomic mass is 10.1. The molecular weight excluding hydrogens is 362 g/mol. The average Bonchev–Trinajstić information content (AvgIpc) is 3.24. The lowest BCUT2D eigenvalue weighted by Gasteiger charge is -2.23. The smallest absolute Gasteiger partial charge is 0.347 e. The van der Waals surface area contributed by atoms with Gasteiger partial charge in [-0.1, -0.05) is 0 Å². The first kappa shape index (κ1) is 18.2. The molecule has 0 spiro atoms. The van der Waals surface area contributed by atoms with Gasteiger partial charge in [-0.15, -0.1) is 0 Å². The summed E-state index contributed by atoms with van der Waals surface area (Å²) in [5, 5.41) is 13.9. The Labute approximate surface area is 161 Å². The highest BCUT2D eigenvalue weighted by Crippen LogP contribution is 2.38. The number of anilines is 1. The standard InChI is InChI=1S/C20H21N3O5/c1-2-27-20(25)16-17(24)15(28-19(16)23-13-5-8-26-9-6-13)10-12-11-22-18-14(12)4-3-7-21-18/h3-4,7,10-11,13,23-24H,2,5-6,8-9H2,1H3. The van der Waals surface area contributed by atoms with Gasteiger partial charge in [-0.3, -0.25) is 0 Å². The van der Waals surface area contributed by atoms with Crippen LogP contribution in [0.3, 0.4) is 0 Å². The zero-order valence-corrected chi connectivity index (χ0v) is 15.5. The van der Waals surface area contributed by atoms with Crippen LogP contribution in [0.2, 0.25) is 0 Å². The Morgan fingerprint density at radius 1 is 1.43 bits per heavy atom. The number of hydrogen-bond acceptors (Lipinski definition) is 8. The second-order valence-electron chi connectivity index (χ2n) is 6.50. The van der Waals surface area contributed by atoms with Crippen molar-refractivity contribution < 1.29 is 23.8 Å². The fourth-order valence-corrected chi connectivity index (χ4v) is 3.24. The van der Waals surface area contributed by atoms with Crippen molar-refractivity contribution in [3.8, 4) is 5.75 Å². The van der Waals surface area contributed by atoms with Gasteiger partial charge in [0.1, 0.15) is 0 Å². The third-order valence-electron chi connectivity index (χ3n) is 4.66. The number of nitrogens with zero attached hydrogens (tertiary/aromatic N) is 2. The van der Waals surface area contributed by atoms with Gasteiger partial charge in [0, 0.05) is 42.8 Å². The Morgan fingerprint density at radius 2 is 2.25 bits per heavy atom. The summed E-state index contributed by atoms with van der Waals surface area (Å²) in [5.74, 6) is 0.0779. The molecule has 28 heavy (non-hydrogen) atoms. The number of esters is 1. The van der Waals surface area contributed by atoms with Crippen molar-refractivity contribution in [3.05, 3.63) is 35.2 Å². The second kappa shape index (κ2) is 7.85. The number of hydrogen-bond donors (Lipinski definition) is 2. The number of furan rings is 1. The van der Waals surface area contributed by atoms with E-state index < -0.39 is 5.97 Å². The summed E-state index contributed by atoms with van der Waals surface area (Å²) in [4.78, 5) is 20.9. The van der Waals surface area contributed by atoms with Crippen molar-refractivity contribution in [2.24, 2.45) is 4.99 Å². The molecule has 1 fully saturated rings. The maximum atomic E-state index is 12.4. The monoisotopic (exact) mass is 383 g/mol. The molecule has 0 bridgehead atoms. The molecule has 4 rings (SSSR count). The highest BCUT2D eigenvalue weighted by molar-refractivity contribution is 6.21. The van der Waals surface area contributed by atoms with E-state index in [4.69, 9.17) is 13.9 Å². The van der Waals surface area contributed by atoms with Crippen LogP contribution in [-0.2, 0) is 9.47 Å². The lowest BCUT2D eigenvalue weighted by Crippen LogP contribution is -2.28. The van der Waals surface area contributed by atoms with Gasteiger partial charge in [0.25, 0.3) is 0 Å². The summed E-state index contributed by atoms with van der Waals surface area (Å²) in [5.41, 5.74) is 1.57. The first-order chi connectivity index (χ1) is 13.7. The number of rotatable bonds is 5. The van der Waals surface area contributed by atoms with Gasteiger partial charge in [-0.2, -0.15) is 0 Å². The lowest BCUT2D eigenvalue weighted by molar-refractivity contribution is 0.0524. The number of carbonyl (C=O) groups is 1. The van der Waals surface area contributed by atoms with E-state index in [1.807, 2.05) is 12.1 Å². The third kappa shape index (κ3) is 3.50. The van der Waals surface area contributed by atoms with Crippen LogP contribution < -0.4 is 5.32 Å². The minimum absolute atomic E-state index is 0.00142. The van der Waals surface area contributed by atoms with Crippen LogP contribution in [0.4, 0.5) is 11.7 Å². The van der Waals surface area contributed by atoms with Crippen LogP contribution in [0.15, 0.2) is 27.7 Å². The maximum Gasteiger partial charge on any atom is 0.347 e. The van der Waals surface area contributed by atoms with E-state index in [1.165, 1.54) is 0 Å². The van der Waals surface area contributed by atoms with Gasteiger partial charge in [0.05, 0.1) is 6.61 Å². The van der Waals surface area contributed by atoms with E-state index in [0.29, 0.717) is 19.0 Å². The van der Waals surface area contributed by atoms with Gasteiger partial charge in [-0.05, 0) is 38.0 Å².